The Morgan fingerprint density at radius 2 is 1.79 bits per heavy atom. The average Bonchev–Trinajstić information content (AvgIpc) is 2.83. The molecule has 0 saturated heterocycles. The SMILES string of the molecule is NCC1(C(=O)NC(CCC(=O)O)C(=O)O)CCCC1. The summed E-state index contributed by atoms with van der Waals surface area (Å²) in [5, 5.41) is 20.0. The van der Waals surface area contributed by atoms with Gasteiger partial charge in [0.2, 0.25) is 5.91 Å². The number of carboxylic acids is 2. The normalized spacial score (nSPS) is 18.8. The van der Waals surface area contributed by atoms with Crippen molar-refractivity contribution in [1.29, 1.82) is 0 Å². The Hall–Kier alpha value is -1.63. The Kier molecular flexibility index (Phi) is 5.29. The van der Waals surface area contributed by atoms with Crippen LogP contribution in [0.5, 0.6) is 0 Å². The first-order valence-electron chi connectivity index (χ1n) is 6.37. The number of amides is 1. The summed E-state index contributed by atoms with van der Waals surface area (Å²) < 4.78 is 0. The molecule has 5 N–H and O–H groups in total. The number of carbonyl (C=O) groups is 3. The third-order valence-corrected chi connectivity index (χ3v) is 3.68. The molecule has 0 aliphatic heterocycles. The summed E-state index contributed by atoms with van der Waals surface area (Å²) in [5.74, 6) is -2.68. The molecule has 1 aliphatic rings. The van der Waals surface area contributed by atoms with Gasteiger partial charge in [-0.05, 0) is 19.3 Å². The lowest BCUT2D eigenvalue weighted by Crippen LogP contribution is -2.50. The van der Waals surface area contributed by atoms with Crippen molar-refractivity contribution in [2.75, 3.05) is 6.54 Å². The first-order chi connectivity index (χ1) is 8.91. The van der Waals surface area contributed by atoms with E-state index in [1.165, 1.54) is 0 Å². The van der Waals surface area contributed by atoms with Crippen LogP contribution in [0, 0.1) is 5.41 Å². The van der Waals surface area contributed by atoms with Crippen molar-refractivity contribution in [2.45, 2.75) is 44.6 Å². The van der Waals surface area contributed by atoms with E-state index in [2.05, 4.69) is 5.32 Å². The van der Waals surface area contributed by atoms with Crippen LogP contribution in [0.25, 0.3) is 0 Å². The number of hydrogen-bond donors (Lipinski definition) is 4. The van der Waals surface area contributed by atoms with Crippen molar-refractivity contribution in [1.82, 2.24) is 5.32 Å². The second kappa shape index (κ2) is 6.51. The van der Waals surface area contributed by atoms with Crippen LogP contribution in [0.2, 0.25) is 0 Å². The molecule has 7 nitrogen and oxygen atoms in total. The first kappa shape index (κ1) is 15.4. The van der Waals surface area contributed by atoms with E-state index in [-0.39, 0.29) is 25.3 Å². The molecule has 0 spiro atoms. The molecule has 1 saturated carbocycles. The number of rotatable bonds is 7. The minimum Gasteiger partial charge on any atom is -0.481 e. The molecule has 1 atom stereocenters. The highest BCUT2D eigenvalue weighted by Crippen LogP contribution is 2.37. The van der Waals surface area contributed by atoms with E-state index >= 15 is 0 Å². The number of aliphatic carboxylic acids is 2. The van der Waals surface area contributed by atoms with E-state index in [9.17, 15) is 14.4 Å². The monoisotopic (exact) mass is 272 g/mol. The van der Waals surface area contributed by atoms with Gasteiger partial charge in [-0.15, -0.1) is 0 Å². The van der Waals surface area contributed by atoms with Crippen molar-refractivity contribution in [3.63, 3.8) is 0 Å². The van der Waals surface area contributed by atoms with Gasteiger partial charge in [0.25, 0.3) is 0 Å². The summed E-state index contributed by atoms with van der Waals surface area (Å²) in [7, 11) is 0. The van der Waals surface area contributed by atoms with Crippen LogP contribution < -0.4 is 11.1 Å². The maximum atomic E-state index is 12.2. The Labute approximate surface area is 111 Å². The number of nitrogens with one attached hydrogen (secondary N) is 1. The highest BCUT2D eigenvalue weighted by molar-refractivity contribution is 5.88. The van der Waals surface area contributed by atoms with Crippen molar-refractivity contribution in [2.24, 2.45) is 11.1 Å². The summed E-state index contributed by atoms with van der Waals surface area (Å²) in [6.07, 6.45) is 2.68. The maximum absolute atomic E-state index is 12.2. The maximum Gasteiger partial charge on any atom is 0.326 e. The average molecular weight is 272 g/mol. The zero-order chi connectivity index (χ0) is 14.5. The molecule has 0 heterocycles. The molecule has 0 aromatic heterocycles. The van der Waals surface area contributed by atoms with Gasteiger partial charge in [-0.1, -0.05) is 12.8 Å². The molecule has 0 aromatic carbocycles. The van der Waals surface area contributed by atoms with E-state index in [1.54, 1.807) is 0 Å². The summed E-state index contributed by atoms with van der Waals surface area (Å²) in [6.45, 7) is 0.185. The quantitative estimate of drug-likeness (QED) is 0.513. The molecule has 19 heavy (non-hydrogen) atoms. The summed E-state index contributed by atoms with van der Waals surface area (Å²) in [5.41, 5.74) is 4.96. The van der Waals surface area contributed by atoms with Gasteiger partial charge in [0, 0.05) is 13.0 Å². The zero-order valence-electron chi connectivity index (χ0n) is 10.7. The van der Waals surface area contributed by atoms with Crippen LogP contribution in [-0.2, 0) is 14.4 Å². The number of carboxylic acid groups (broad SMARTS) is 2. The van der Waals surface area contributed by atoms with Crippen molar-refractivity contribution >= 4 is 17.8 Å². The summed E-state index contributed by atoms with van der Waals surface area (Å²) in [6, 6.07) is -1.17. The molecule has 1 unspecified atom stereocenters. The standard InChI is InChI=1S/C12H20N2O5/c13-7-12(5-1-2-6-12)11(19)14-8(10(17)18)3-4-9(15)16/h8H,1-7,13H2,(H,14,19)(H,15,16)(H,17,18). The van der Waals surface area contributed by atoms with Crippen molar-refractivity contribution < 1.29 is 24.6 Å². The van der Waals surface area contributed by atoms with Gasteiger partial charge in [-0.2, -0.15) is 0 Å². The van der Waals surface area contributed by atoms with E-state index in [0.717, 1.165) is 12.8 Å². The molecule has 1 aliphatic carbocycles. The predicted octanol–water partition coefficient (Wildman–Crippen LogP) is -0.0603. The minimum atomic E-state index is -1.22. The smallest absolute Gasteiger partial charge is 0.326 e. The summed E-state index contributed by atoms with van der Waals surface area (Å²) >= 11 is 0. The molecular formula is C12H20N2O5. The van der Waals surface area contributed by atoms with Gasteiger partial charge in [0.05, 0.1) is 5.41 Å². The Morgan fingerprint density at radius 1 is 1.21 bits per heavy atom. The van der Waals surface area contributed by atoms with Gasteiger partial charge in [-0.3, -0.25) is 9.59 Å². The lowest BCUT2D eigenvalue weighted by molar-refractivity contribution is -0.144. The van der Waals surface area contributed by atoms with Crippen LogP contribution in [0.15, 0.2) is 0 Å². The highest BCUT2D eigenvalue weighted by atomic mass is 16.4. The number of hydrogen-bond acceptors (Lipinski definition) is 4. The van der Waals surface area contributed by atoms with Gasteiger partial charge in [-0.25, -0.2) is 4.79 Å². The summed E-state index contributed by atoms with van der Waals surface area (Å²) in [4.78, 5) is 33.6. The molecule has 1 fully saturated rings. The zero-order valence-corrected chi connectivity index (χ0v) is 10.7. The second-order valence-electron chi connectivity index (χ2n) is 4.99. The van der Waals surface area contributed by atoms with Crippen LogP contribution in [0.4, 0.5) is 0 Å². The lowest BCUT2D eigenvalue weighted by Gasteiger charge is -2.27. The van der Waals surface area contributed by atoms with Gasteiger partial charge >= 0.3 is 11.9 Å². The Morgan fingerprint density at radius 3 is 2.21 bits per heavy atom. The fraction of sp³-hybridized carbons (Fsp3) is 0.750. The van der Waals surface area contributed by atoms with Gasteiger partial charge in [0.15, 0.2) is 0 Å². The van der Waals surface area contributed by atoms with Crippen LogP contribution in [0.1, 0.15) is 38.5 Å². The molecule has 0 radical (unpaired) electrons. The third kappa shape index (κ3) is 3.92. The van der Waals surface area contributed by atoms with Crippen molar-refractivity contribution in [3.05, 3.63) is 0 Å². The fourth-order valence-electron chi connectivity index (χ4n) is 2.41. The predicted molar refractivity (Wildman–Crippen MR) is 66.4 cm³/mol. The molecule has 7 heteroatoms. The van der Waals surface area contributed by atoms with Crippen molar-refractivity contribution in [3.8, 4) is 0 Å². The second-order valence-corrected chi connectivity index (χ2v) is 4.99. The first-order valence-corrected chi connectivity index (χ1v) is 6.37. The molecule has 0 bridgehead atoms. The largest absolute Gasteiger partial charge is 0.481 e. The van der Waals surface area contributed by atoms with E-state index in [1.807, 2.05) is 0 Å². The van der Waals surface area contributed by atoms with Crippen LogP contribution in [0.3, 0.4) is 0 Å². The molecule has 0 aromatic rings. The van der Waals surface area contributed by atoms with Crippen LogP contribution in [-0.4, -0.2) is 40.6 Å². The van der Waals surface area contributed by atoms with Crippen LogP contribution >= 0.6 is 0 Å². The van der Waals surface area contributed by atoms with E-state index in [4.69, 9.17) is 15.9 Å². The molecular weight excluding hydrogens is 252 g/mol. The van der Waals surface area contributed by atoms with E-state index in [0.29, 0.717) is 12.8 Å². The Balaban J connectivity index is 2.65. The van der Waals surface area contributed by atoms with Gasteiger partial charge in [0.1, 0.15) is 6.04 Å². The third-order valence-electron chi connectivity index (χ3n) is 3.68. The minimum absolute atomic E-state index is 0.128. The molecule has 108 valence electrons. The number of carbonyl (C=O) groups excluding carboxylic acids is 1. The lowest BCUT2D eigenvalue weighted by atomic mass is 9.85. The topological polar surface area (TPSA) is 130 Å². The molecule has 1 rings (SSSR count). The fourth-order valence-corrected chi connectivity index (χ4v) is 2.41. The number of nitrogens with two attached hydrogens (primary N) is 1. The highest BCUT2D eigenvalue weighted by Gasteiger charge is 2.41. The van der Waals surface area contributed by atoms with E-state index < -0.39 is 23.4 Å². The molecule has 1 amide bonds. The Bertz CT molecular complexity index is 363. The van der Waals surface area contributed by atoms with Gasteiger partial charge < -0.3 is 21.3 Å².